The summed E-state index contributed by atoms with van der Waals surface area (Å²) in [7, 11) is -7.80. The molecule has 0 atom stereocenters. The van der Waals surface area contributed by atoms with Gasteiger partial charge in [0.05, 0.1) is 0 Å². The van der Waals surface area contributed by atoms with Gasteiger partial charge in [-0.05, 0) is 23.3 Å². The topological polar surface area (TPSA) is 68.3 Å². The molecular formula is C21H30O4S2. The Morgan fingerprint density at radius 1 is 0.889 bits per heavy atom. The summed E-state index contributed by atoms with van der Waals surface area (Å²) in [5.74, 6) is 0. The molecule has 0 saturated carbocycles. The molecule has 4 nitrogen and oxygen atoms in total. The third-order valence-corrected chi connectivity index (χ3v) is 6.34. The van der Waals surface area contributed by atoms with Crippen LogP contribution in [0.5, 0.6) is 0 Å². The van der Waals surface area contributed by atoms with Gasteiger partial charge in [-0.3, -0.25) is 0 Å². The maximum atomic E-state index is 11.9. The highest BCUT2D eigenvalue weighted by Crippen LogP contribution is 2.08. The zero-order chi connectivity index (χ0) is 21.3. The second kappa shape index (κ2) is 14.9. The Bertz CT molecular complexity index is 843. The fourth-order valence-corrected chi connectivity index (χ4v) is 4.75. The molecule has 0 aliphatic rings. The molecule has 0 radical (unpaired) electrons. The molecule has 0 fully saturated rings. The minimum absolute atomic E-state index is 0.515. The molecule has 6 heteroatoms. The Morgan fingerprint density at radius 2 is 1.41 bits per heavy atom. The first-order chi connectivity index (χ1) is 12.8. The molecule has 0 unspecified atom stereocenters. The summed E-state index contributed by atoms with van der Waals surface area (Å²) in [6.07, 6.45) is 7.12. The number of benzene rings is 1. The van der Waals surface area contributed by atoms with Crippen molar-refractivity contribution in [2.75, 3.05) is 5.08 Å². The Balaban J connectivity index is 0. The fourth-order valence-electron chi connectivity index (χ4n) is 1.56. The van der Waals surface area contributed by atoms with Crippen molar-refractivity contribution >= 4 is 25.8 Å². The summed E-state index contributed by atoms with van der Waals surface area (Å²) in [5.41, 5.74) is 1.19. The zero-order valence-electron chi connectivity index (χ0n) is 16.5. The summed E-state index contributed by atoms with van der Waals surface area (Å²) < 4.78 is 47.6. The van der Waals surface area contributed by atoms with Crippen LogP contribution in [0.4, 0.5) is 0 Å². The molecular weight excluding hydrogens is 380 g/mol. The van der Waals surface area contributed by atoms with Crippen LogP contribution in [0.1, 0.15) is 33.3 Å². The Hall–Kier alpha value is -2.18. The van der Waals surface area contributed by atoms with Crippen LogP contribution in [0.15, 0.2) is 84.2 Å². The molecule has 0 amide bonds. The van der Waals surface area contributed by atoms with Crippen molar-refractivity contribution in [2.24, 2.45) is 0 Å². The van der Waals surface area contributed by atoms with Gasteiger partial charge >= 0.3 is 0 Å². The average Bonchev–Trinajstić information content (AvgIpc) is 2.67. The van der Waals surface area contributed by atoms with E-state index in [0.717, 1.165) is 10.8 Å². The van der Waals surface area contributed by atoms with Crippen LogP contribution in [0.3, 0.4) is 0 Å². The van der Waals surface area contributed by atoms with Crippen LogP contribution in [0.2, 0.25) is 0 Å². The predicted octanol–water partition coefficient (Wildman–Crippen LogP) is 5.31. The average molecular weight is 411 g/mol. The van der Waals surface area contributed by atoms with E-state index in [0.29, 0.717) is 11.1 Å². The number of rotatable bonds is 8. The monoisotopic (exact) mass is 410 g/mol. The van der Waals surface area contributed by atoms with E-state index < -0.39 is 24.8 Å². The summed E-state index contributed by atoms with van der Waals surface area (Å²) in [4.78, 5) is 0. The van der Waals surface area contributed by atoms with Crippen molar-refractivity contribution in [1.29, 1.82) is 0 Å². The van der Waals surface area contributed by atoms with Gasteiger partial charge < -0.3 is 0 Å². The maximum Gasteiger partial charge on any atom is 0.186 e. The number of hydrogen-bond donors (Lipinski definition) is 0. The van der Waals surface area contributed by atoms with Gasteiger partial charge in [-0.25, -0.2) is 16.8 Å². The molecule has 0 aliphatic carbocycles. The van der Waals surface area contributed by atoms with Crippen molar-refractivity contribution in [3.05, 3.63) is 89.7 Å². The van der Waals surface area contributed by atoms with Crippen molar-refractivity contribution < 1.29 is 16.8 Å². The standard InChI is InChI=1S/C17H18O4S2.2C2H6/c1-3-8-16(4-2)11-13-22(18,19)15-23(20,21)14-12-17-9-6-5-7-10-17;2*1-2/h3-14H,1-2,15H2;2*1-2H3/b13-11+,14-12+,16-8+;;. The Morgan fingerprint density at radius 3 is 1.89 bits per heavy atom. The van der Waals surface area contributed by atoms with E-state index in [1.54, 1.807) is 36.4 Å². The van der Waals surface area contributed by atoms with E-state index >= 15 is 0 Å². The van der Waals surface area contributed by atoms with Gasteiger partial charge in [0.25, 0.3) is 0 Å². The van der Waals surface area contributed by atoms with E-state index in [9.17, 15) is 16.8 Å². The number of hydrogen-bond acceptors (Lipinski definition) is 4. The van der Waals surface area contributed by atoms with Gasteiger partial charge in [0.2, 0.25) is 0 Å². The van der Waals surface area contributed by atoms with Gasteiger partial charge in [-0.1, -0.05) is 89.4 Å². The van der Waals surface area contributed by atoms with E-state index in [4.69, 9.17) is 0 Å². The molecule has 27 heavy (non-hydrogen) atoms. The molecule has 0 bridgehead atoms. The predicted molar refractivity (Wildman–Crippen MR) is 118 cm³/mol. The van der Waals surface area contributed by atoms with Gasteiger partial charge in [-0.2, -0.15) is 0 Å². The minimum atomic E-state index is -3.91. The number of sulfone groups is 2. The summed E-state index contributed by atoms with van der Waals surface area (Å²) >= 11 is 0. The fraction of sp³-hybridized carbons (Fsp3) is 0.238. The normalized spacial score (nSPS) is 11.9. The molecule has 1 aromatic carbocycles. The molecule has 0 N–H and O–H groups in total. The molecule has 0 heterocycles. The minimum Gasteiger partial charge on any atom is -0.223 e. The van der Waals surface area contributed by atoms with Crippen molar-refractivity contribution in [3.8, 4) is 0 Å². The van der Waals surface area contributed by atoms with Gasteiger partial charge in [0.15, 0.2) is 24.8 Å². The van der Waals surface area contributed by atoms with Crippen LogP contribution in [-0.2, 0) is 19.7 Å². The first-order valence-electron chi connectivity index (χ1n) is 8.60. The number of allylic oxidation sites excluding steroid dienone is 5. The highest BCUT2D eigenvalue weighted by Gasteiger charge is 2.17. The molecule has 0 saturated heterocycles. The largest absolute Gasteiger partial charge is 0.223 e. The zero-order valence-corrected chi connectivity index (χ0v) is 18.1. The molecule has 0 spiro atoms. The van der Waals surface area contributed by atoms with Gasteiger partial charge in [0, 0.05) is 10.8 Å². The lowest BCUT2D eigenvalue weighted by Crippen LogP contribution is -2.11. The highest BCUT2D eigenvalue weighted by molar-refractivity contribution is 8.10. The van der Waals surface area contributed by atoms with Crippen molar-refractivity contribution in [3.63, 3.8) is 0 Å². The van der Waals surface area contributed by atoms with E-state index in [-0.39, 0.29) is 0 Å². The lowest BCUT2D eigenvalue weighted by molar-refractivity contribution is 0.598. The van der Waals surface area contributed by atoms with Gasteiger partial charge in [-0.15, -0.1) is 0 Å². The lowest BCUT2D eigenvalue weighted by Gasteiger charge is -1.99. The molecule has 0 aliphatic heterocycles. The molecule has 1 rings (SSSR count). The maximum absolute atomic E-state index is 11.9. The van der Waals surface area contributed by atoms with E-state index in [1.165, 1.54) is 24.3 Å². The quantitative estimate of drug-likeness (QED) is 0.545. The molecule has 150 valence electrons. The van der Waals surface area contributed by atoms with Crippen molar-refractivity contribution in [1.82, 2.24) is 0 Å². The summed E-state index contributed by atoms with van der Waals surface area (Å²) in [6.45, 7) is 15.0. The van der Waals surface area contributed by atoms with E-state index in [2.05, 4.69) is 13.2 Å². The smallest absolute Gasteiger partial charge is 0.186 e. The molecule has 1 aromatic rings. The van der Waals surface area contributed by atoms with Crippen LogP contribution in [0.25, 0.3) is 6.08 Å². The van der Waals surface area contributed by atoms with Crippen LogP contribution < -0.4 is 0 Å². The van der Waals surface area contributed by atoms with Crippen LogP contribution >= 0.6 is 0 Å². The third kappa shape index (κ3) is 13.7. The lowest BCUT2D eigenvalue weighted by atomic mass is 10.2. The second-order valence-electron chi connectivity index (χ2n) is 4.57. The summed E-state index contributed by atoms with van der Waals surface area (Å²) in [5, 5.41) is 0.776. The van der Waals surface area contributed by atoms with Crippen LogP contribution in [0, 0.1) is 0 Å². The van der Waals surface area contributed by atoms with Crippen molar-refractivity contribution in [2.45, 2.75) is 27.7 Å². The Kier molecular flexibility index (Phi) is 15.0. The Labute approximate surface area is 165 Å². The first kappa shape index (κ1) is 27.0. The van der Waals surface area contributed by atoms with Crippen LogP contribution in [-0.4, -0.2) is 21.9 Å². The summed E-state index contributed by atoms with van der Waals surface area (Å²) in [6, 6.07) is 8.76. The molecule has 0 aromatic heterocycles. The second-order valence-corrected chi connectivity index (χ2v) is 8.70. The first-order valence-corrected chi connectivity index (χ1v) is 12.0. The van der Waals surface area contributed by atoms with E-state index in [1.807, 2.05) is 27.7 Å². The SMILES string of the molecule is C=C/C=C(C=C)/C=C/S(=O)(=O)CS(=O)(=O)/C=C/c1ccccc1.CC.CC. The third-order valence-electron chi connectivity index (χ3n) is 2.61. The van der Waals surface area contributed by atoms with Gasteiger partial charge in [0.1, 0.15) is 0 Å². The highest BCUT2D eigenvalue weighted by atomic mass is 32.3.